The fraction of sp³-hybridized carbons (Fsp3) is 0. The Labute approximate surface area is 34.7 Å². The third-order valence-electron chi connectivity index (χ3n) is 0.176. The number of nitrogens with zero attached hydrogens (tertiary/aromatic N) is 1. The number of nitrogens with two attached hydrogens (primary N) is 1. The zero-order chi connectivity index (χ0) is 4.99. The number of hydrogen-bond acceptors (Lipinski definition) is 2. The maximum absolute atomic E-state index is 6.32. The summed E-state index contributed by atoms with van der Waals surface area (Å²) in [5.74, 6) is -0.384. The van der Waals surface area contributed by atoms with Crippen molar-refractivity contribution in [2.24, 2.45) is 10.7 Å². The smallest absolute Gasteiger partial charge is 0.222 e. The molecule has 32 valence electrons. The summed E-state index contributed by atoms with van der Waals surface area (Å²) in [5, 5.41) is 12.4. The summed E-state index contributed by atoms with van der Waals surface area (Å²) in [6.07, 6.45) is 0. The summed E-state index contributed by atoms with van der Waals surface area (Å²) in [5.41, 5.74) is 4.64. The van der Waals surface area contributed by atoms with E-state index in [1.54, 1.807) is 6.01 Å². The number of aliphatic imine (C=N–C) groups is 1. The van der Waals surface area contributed by atoms with Gasteiger partial charge in [-0.2, -0.15) is 4.99 Å². The van der Waals surface area contributed by atoms with Crippen LogP contribution in [0.15, 0.2) is 4.99 Å². The summed E-state index contributed by atoms with van der Waals surface area (Å²) in [4.78, 5) is 2.90. The molecule has 0 rings (SSSR count). The van der Waals surface area contributed by atoms with Gasteiger partial charge in [-0.3, -0.25) is 5.41 Å². The Balaban J connectivity index is 3.60. The molecule has 0 unspecified atom stereocenters. The van der Waals surface area contributed by atoms with Crippen LogP contribution in [0.4, 0.5) is 0 Å². The summed E-state index contributed by atoms with van der Waals surface area (Å²) in [6, 6.07) is 1.59. The summed E-state index contributed by atoms with van der Waals surface area (Å²) in [6.45, 7) is 0. The Morgan fingerprint density at radius 1 is 1.83 bits per heavy atom. The van der Waals surface area contributed by atoms with E-state index in [1.165, 1.54) is 0 Å². The van der Waals surface area contributed by atoms with E-state index in [0.29, 0.717) is 0 Å². The van der Waals surface area contributed by atoms with Gasteiger partial charge in [0.15, 0.2) is 0 Å². The van der Waals surface area contributed by atoms with Crippen LogP contribution in [0, 0.1) is 10.8 Å². The van der Waals surface area contributed by atoms with Gasteiger partial charge >= 0.3 is 0 Å². The highest BCUT2D eigenvalue weighted by atomic mass is 15.0. The predicted molar refractivity (Wildman–Crippen MR) is 22.1 cm³/mol. The molecule has 0 amide bonds. The third-order valence-corrected chi connectivity index (χ3v) is 0.176. The maximum Gasteiger partial charge on any atom is 0.222 e. The van der Waals surface area contributed by atoms with Crippen molar-refractivity contribution in [1.82, 2.24) is 0 Å². The second-order valence-corrected chi connectivity index (χ2v) is 0.609. The molecule has 0 aromatic heterocycles. The van der Waals surface area contributed by atoms with E-state index in [4.69, 9.17) is 10.8 Å². The molecule has 0 aromatic rings. The van der Waals surface area contributed by atoms with E-state index in [-0.39, 0.29) is 5.96 Å². The lowest BCUT2D eigenvalue weighted by atomic mass is 11.1. The molecule has 0 aliphatic heterocycles. The lowest BCUT2D eigenvalue weighted by Crippen LogP contribution is -2.03. The van der Waals surface area contributed by atoms with E-state index in [0.717, 1.165) is 0 Å². The predicted octanol–water partition coefficient (Wildman–Crippen LogP) is -0.367. The molecule has 0 spiro atoms. The van der Waals surface area contributed by atoms with E-state index in [9.17, 15) is 0 Å². The van der Waals surface area contributed by atoms with Gasteiger partial charge in [-0.15, -0.1) is 0 Å². The summed E-state index contributed by atoms with van der Waals surface area (Å²) in [7, 11) is 0. The van der Waals surface area contributed by atoms with Crippen LogP contribution in [0.25, 0.3) is 0 Å². The molecule has 0 bridgehead atoms. The molecular formula is C2H4N4. The van der Waals surface area contributed by atoms with Crippen molar-refractivity contribution in [2.75, 3.05) is 0 Å². The minimum Gasteiger partial charge on any atom is -0.368 e. The van der Waals surface area contributed by atoms with Gasteiger partial charge in [0, 0.05) is 0 Å². The van der Waals surface area contributed by atoms with Crippen LogP contribution in [0.2, 0.25) is 0 Å². The van der Waals surface area contributed by atoms with Crippen molar-refractivity contribution in [1.29, 1.82) is 10.8 Å². The Kier molecular flexibility index (Phi) is 1.71. The van der Waals surface area contributed by atoms with Crippen LogP contribution in [-0.2, 0) is 0 Å². The quantitative estimate of drug-likeness (QED) is 0.271. The van der Waals surface area contributed by atoms with Gasteiger partial charge in [0.2, 0.25) is 5.96 Å². The van der Waals surface area contributed by atoms with Gasteiger partial charge in [0.25, 0.3) is 0 Å². The highest BCUT2D eigenvalue weighted by molar-refractivity contribution is 5.80. The molecule has 4 nitrogen and oxygen atoms in total. The number of guanidine groups is 1. The first-order valence-corrected chi connectivity index (χ1v) is 1.24. The molecule has 0 aliphatic carbocycles. The molecule has 4 N–H and O–H groups in total. The molecule has 0 fully saturated rings. The lowest BCUT2D eigenvalue weighted by molar-refractivity contribution is 1.38. The zero-order valence-electron chi connectivity index (χ0n) is 3.02. The number of nitrogens with one attached hydrogen (secondary N) is 2. The van der Waals surface area contributed by atoms with Gasteiger partial charge in [-0.05, 0) is 0 Å². The third kappa shape index (κ3) is 2.85. The second-order valence-electron chi connectivity index (χ2n) is 0.609. The first-order chi connectivity index (χ1) is 2.77. The molecule has 0 heterocycles. The summed E-state index contributed by atoms with van der Waals surface area (Å²) < 4.78 is 0. The average Bonchev–Trinajstić information content (AvgIpc) is 1.35. The first kappa shape index (κ1) is 4.85. The molecule has 0 atom stereocenters. The number of hydrogen-bond donors (Lipinski definition) is 3. The molecule has 0 saturated carbocycles. The highest BCUT2D eigenvalue weighted by Crippen LogP contribution is 1.50. The monoisotopic (exact) mass is 84.0 g/mol. The average molecular weight is 84.1 g/mol. The van der Waals surface area contributed by atoms with Gasteiger partial charge < -0.3 is 5.73 Å². The summed E-state index contributed by atoms with van der Waals surface area (Å²) >= 11 is 0. The van der Waals surface area contributed by atoms with Crippen molar-refractivity contribution in [2.45, 2.75) is 0 Å². The number of rotatable bonds is 0. The van der Waals surface area contributed by atoms with Crippen molar-refractivity contribution < 1.29 is 0 Å². The van der Waals surface area contributed by atoms with E-state index < -0.39 is 0 Å². The van der Waals surface area contributed by atoms with Gasteiger partial charge in [0.1, 0.15) is 0 Å². The fourth-order valence-corrected chi connectivity index (χ4v) is 0.0602. The molecular weight excluding hydrogens is 80.1 g/mol. The molecule has 0 aliphatic rings. The van der Waals surface area contributed by atoms with Crippen LogP contribution in [-0.4, -0.2) is 12.0 Å². The zero-order valence-corrected chi connectivity index (χ0v) is 3.02. The van der Waals surface area contributed by atoms with Crippen molar-refractivity contribution in [3.05, 3.63) is 0 Å². The molecule has 4 heteroatoms. The van der Waals surface area contributed by atoms with Crippen LogP contribution in [0.1, 0.15) is 0 Å². The van der Waals surface area contributed by atoms with Gasteiger partial charge in [-0.1, -0.05) is 0 Å². The van der Waals surface area contributed by atoms with Crippen LogP contribution < -0.4 is 5.73 Å². The van der Waals surface area contributed by atoms with Crippen LogP contribution in [0.3, 0.4) is 0 Å². The van der Waals surface area contributed by atoms with Crippen molar-refractivity contribution in [3.8, 4) is 0 Å². The highest BCUT2D eigenvalue weighted by Gasteiger charge is 1.67. The fourth-order valence-electron chi connectivity index (χ4n) is 0.0602. The standard InChI is InChI=1S/C2H4N4/c3-1-6-2(4)5/h3H,(H3,4,5). The Morgan fingerprint density at radius 2 is 2.33 bits per heavy atom. The maximum atomic E-state index is 6.32. The van der Waals surface area contributed by atoms with E-state index >= 15 is 0 Å². The Hall–Kier alpha value is -1.15. The van der Waals surface area contributed by atoms with E-state index in [1.807, 2.05) is 0 Å². The molecule has 0 aromatic carbocycles. The minimum atomic E-state index is -0.384. The largest absolute Gasteiger partial charge is 0.368 e. The minimum absolute atomic E-state index is 0.384. The molecule has 0 radical (unpaired) electrons. The Morgan fingerprint density at radius 3 is 2.33 bits per heavy atom. The van der Waals surface area contributed by atoms with Crippen molar-refractivity contribution >= 4 is 12.0 Å². The molecule has 6 heavy (non-hydrogen) atoms. The SMILES string of the molecule is N=C=NC(=N)N. The first-order valence-electron chi connectivity index (χ1n) is 1.24. The van der Waals surface area contributed by atoms with Crippen molar-refractivity contribution in [3.63, 3.8) is 0 Å². The van der Waals surface area contributed by atoms with Gasteiger partial charge in [0.05, 0.1) is 6.01 Å². The lowest BCUT2D eigenvalue weighted by Gasteiger charge is -1.70. The van der Waals surface area contributed by atoms with Crippen LogP contribution in [0.5, 0.6) is 0 Å². The van der Waals surface area contributed by atoms with Crippen LogP contribution >= 0.6 is 0 Å². The van der Waals surface area contributed by atoms with E-state index in [2.05, 4.69) is 10.7 Å². The topological polar surface area (TPSA) is 86.1 Å². The molecule has 0 saturated heterocycles. The Bertz CT molecular complexity index is 98.1. The second kappa shape index (κ2) is 2.11. The normalized spacial score (nSPS) is 6.00. The van der Waals surface area contributed by atoms with Gasteiger partial charge in [-0.25, -0.2) is 5.41 Å².